The predicted octanol–water partition coefficient (Wildman–Crippen LogP) is 4.41. The van der Waals surface area contributed by atoms with Crippen LogP contribution in [-0.4, -0.2) is 30.1 Å². The highest BCUT2D eigenvalue weighted by Crippen LogP contribution is 2.51. The lowest BCUT2D eigenvalue weighted by Crippen LogP contribution is -2.37. The Morgan fingerprint density at radius 3 is 2.42 bits per heavy atom. The van der Waals surface area contributed by atoms with Gasteiger partial charge in [-0.15, -0.1) is 0 Å². The number of anilines is 2. The molecule has 168 valence electrons. The molecule has 1 N–H and O–H groups in total. The Labute approximate surface area is 195 Å². The molecule has 3 atom stereocenters. The van der Waals surface area contributed by atoms with Gasteiger partial charge in [-0.25, -0.2) is 9.96 Å². The Bertz CT molecular complexity index is 1250. The van der Waals surface area contributed by atoms with E-state index in [4.69, 9.17) is 21.2 Å². The van der Waals surface area contributed by atoms with Gasteiger partial charge in [0.25, 0.3) is 5.91 Å². The number of aromatic hydroxyl groups is 1. The van der Waals surface area contributed by atoms with Crippen LogP contribution in [-0.2, 0) is 14.4 Å². The molecule has 0 bridgehead atoms. The Balaban J connectivity index is 1.64. The molecule has 33 heavy (non-hydrogen) atoms. The number of carbonyl (C=O) groups is 2. The van der Waals surface area contributed by atoms with Crippen molar-refractivity contribution < 1.29 is 24.3 Å². The molecule has 2 saturated heterocycles. The zero-order valence-electron chi connectivity index (χ0n) is 17.9. The van der Waals surface area contributed by atoms with Gasteiger partial charge in [-0.2, -0.15) is 0 Å². The number of hydrogen-bond donors (Lipinski definition) is 1. The lowest BCUT2D eigenvalue weighted by atomic mass is 9.90. The van der Waals surface area contributed by atoms with E-state index in [-0.39, 0.29) is 11.5 Å². The van der Waals surface area contributed by atoms with E-state index in [0.29, 0.717) is 27.5 Å². The normalized spacial score (nSPS) is 22.1. The second-order valence-corrected chi connectivity index (χ2v) is 8.36. The van der Waals surface area contributed by atoms with Gasteiger partial charge in [0.05, 0.1) is 18.5 Å². The largest absolute Gasteiger partial charge is 0.504 e. The van der Waals surface area contributed by atoms with Gasteiger partial charge in [-0.3, -0.25) is 14.4 Å². The summed E-state index contributed by atoms with van der Waals surface area (Å²) in [7, 11) is 1.45. The summed E-state index contributed by atoms with van der Waals surface area (Å²) in [5, 5.41) is 12.9. The number of phenols is 1. The van der Waals surface area contributed by atoms with Crippen LogP contribution in [0.15, 0.2) is 66.7 Å². The molecule has 0 unspecified atom stereocenters. The van der Waals surface area contributed by atoms with Crippen molar-refractivity contribution in [1.29, 1.82) is 0 Å². The van der Waals surface area contributed by atoms with Crippen molar-refractivity contribution in [3.05, 3.63) is 82.9 Å². The first kappa shape index (κ1) is 21.3. The van der Waals surface area contributed by atoms with E-state index in [2.05, 4.69) is 0 Å². The number of nitrogens with zero attached hydrogens (tertiary/aromatic N) is 2. The number of hydroxylamine groups is 1. The maximum Gasteiger partial charge on any atom is 0.266 e. The van der Waals surface area contributed by atoms with Crippen LogP contribution in [0, 0.1) is 12.8 Å². The van der Waals surface area contributed by atoms with Crippen molar-refractivity contribution in [2.75, 3.05) is 17.1 Å². The number of rotatable bonds is 4. The second-order valence-electron chi connectivity index (χ2n) is 7.95. The summed E-state index contributed by atoms with van der Waals surface area (Å²) in [6.07, 6.45) is -1.05. The minimum absolute atomic E-state index is 0.104. The molecule has 8 heteroatoms. The molecule has 2 aliphatic heterocycles. The van der Waals surface area contributed by atoms with Crippen LogP contribution in [0.3, 0.4) is 0 Å². The van der Waals surface area contributed by atoms with Crippen molar-refractivity contribution in [2.24, 2.45) is 5.92 Å². The first-order valence-electron chi connectivity index (χ1n) is 10.4. The maximum absolute atomic E-state index is 13.7. The highest BCUT2D eigenvalue weighted by molar-refractivity contribution is 6.32. The van der Waals surface area contributed by atoms with Gasteiger partial charge in [0.1, 0.15) is 12.0 Å². The number of imide groups is 1. The number of carbonyl (C=O) groups excluding carboxylic acids is 2. The average Bonchev–Trinajstić information content (AvgIpc) is 3.33. The summed E-state index contributed by atoms with van der Waals surface area (Å²) >= 11 is 6.25. The van der Waals surface area contributed by atoms with Crippen molar-refractivity contribution in [3.8, 4) is 11.5 Å². The quantitative estimate of drug-likeness (QED) is 0.576. The monoisotopic (exact) mass is 464 g/mol. The van der Waals surface area contributed by atoms with E-state index < -0.39 is 29.9 Å². The summed E-state index contributed by atoms with van der Waals surface area (Å²) in [5.74, 6) is -1.60. The van der Waals surface area contributed by atoms with Crippen LogP contribution in [0.5, 0.6) is 11.5 Å². The molecule has 0 aliphatic carbocycles. The van der Waals surface area contributed by atoms with E-state index in [1.807, 2.05) is 30.3 Å². The standard InChI is InChI=1S/C25H21ClN2O5/c1-14-17(26)11-7-12-18(14)27-24(30)20-21(16-10-6-13-19(32-2)22(16)29)28(33-23(20)25(27)31)15-8-4-3-5-9-15/h3-13,20-21,23,29H,1-2H3/t20-,21+,23-/m1/s1. The van der Waals surface area contributed by atoms with E-state index in [0.717, 1.165) is 4.90 Å². The van der Waals surface area contributed by atoms with Crippen molar-refractivity contribution in [3.63, 3.8) is 0 Å². The van der Waals surface area contributed by atoms with Gasteiger partial charge < -0.3 is 9.84 Å². The molecule has 2 aliphatic rings. The fourth-order valence-corrected chi connectivity index (χ4v) is 4.72. The number of amides is 2. The van der Waals surface area contributed by atoms with Gasteiger partial charge >= 0.3 is 0 Å². The van der Waals surface area contributed by atoms with Gasteiger partial charge in [-0.1, -0.05) is 48.0 Å². The smallest absolute Gasteiger partial charge is 0.266 e. The van der Waals surface area contributed by atoms with Crippen LogP contribution in [0.2, 0.25) is 5.02 Å². The third-order valence-electron chi connectivity index (χ3n) is 6.17. The molecule has 5 rings (SSSR count). The molecule has 0 saturated carbocycles. The number of halogens is 1. The van der Waals surface area contributed by atoms with Gasteiger partial charge in [0, 0.05) is 10.6 Å². The number of methoxy groups -OCH3 is 1. The minimum atomic E-state index is -1.05. The number of para-hydroxylation sites is 2. The lowest BCUT2D eigenvalue weighted by Gasteiger charge is -2.29. The molecule has 3 aromatic carbocycles. The summed E-state index contributed by atoms with van der Waals surface area (Å²) in [6, 6.07) is 18.6. The maximum atomic E-state index is 13.7. The van der Waals surface area contributed by atoms with E-state index in [1.54, 1.807) is 43.3 Å². The van der Waals surface area contributed by atoms with Crippen molar-refractivity contribution >= 4 is 34.8 Å². The number of fused-ring (bicyclic) bond motifs is 1. The molecule has 7 nitrogen and oxygen atoms in total. The molecule has 0 spiro atoms. The minimum Gasteiger partial charge on any atom is -0.504 e. The van der Waals surface area contributed by atoms with Crippen LogP contribution >= 0.6 is 11.6 Å². The Morgan fingerprint density at radius 2 is 1.70 bits per heavy atom. The highest BCUT2D eigenvalue weighted by atomic mass is 35.5. The molecule has 3 aromatic rings. The van der Waals surface area contributed by atoms with Gasteiger partial charge in [0.2, 0.25) is 5.91 Å². The molecule has 2 fully saturated rings. The Kier molecular flexibility index (Phi) is 5.23. The number of ether oxygens (including phenoxy) is 1. The lowest BCUT2D eigenvalue weighted by molar-refractivity contribution is -0.126. The number of hydrogen-bond acceptors (Lipinski definition) is 6. The van der Waals surface area contributed by atoms with Crippen LogP contribution in [0.25, 0.3) is 0 Å². The second kappa shape index (κ2) is 8.10. The van der Waals surface area contributed by atoms with Crippen LogP contribution < -0.4 is 14.7 Å². The zero-order valence-corrected chi connectivity index (χ0v) is 18.7. The molecule has 2 heterocycles. The zero-order chi connectivity index (χ0) is 23.3. The SMILES string of the molecule is COc1cccc([C@H]2[C@H]3C(=O)N(c4cccc(Cl)c4C)C(=O)[C@@H]3ON2c2ccccc2)c1O. The molecule has 0 aromatic heterocycles. The Hall–Kier alpha value is -3.55. The summed E-state index contributed by atoms with van der Waals surface area (Å²) < 4.78 is 5.28. The number of benzene rings is 3. The van der Waals surface area contributed by atoms with Crippen molar-refractivity contribution in [1.82, 2.24) is 0 Å². The van der Waals surface area contributed by atoms with Gasteiger partial charge in [0.15, 0.2) is 17.6 Å². The summed E-state index contributed by atoms with van der Waals surface area (Å²) in [6.45, 7) is 1.76. The molecular formula is C25H21ClN2O5. The molecule has 2 amide bonds. The first-order chi connectivity index (χ1) is 15.9. The first-order valence-corrected chi connectivity index (χ1v) is 10.8. The average molecular weight is 465 g/mol. The van der Waals surface area contributed by atoms with E-state index in [1.165, 1.54) is 12.2 Å². The van der Waals surface area contributed by atoms with E-state index in [9.17, 15) is 14.7 Å². The van der Waals surface area contributed by atoms with Crippen molar-refractivity contribution in [2.45, 2.75) is 19.1 Å². The molecule has 0 radical (unpaired) electrons. The van der Waals surface area contributed by atoms with Crippen LogP contribution in [0.4, 0.5) is 11.4 Å². The summed E-state index contributed by atoms with van der Waals surface area (Å²) in [5.41, 5.74) is 2.14. The fraction of sp³-hybridized carbons (Fsp3) is 0.200. The fourth-order valence-electron chi connectivity index (χ4n) is 4.55. The third-order valence-corrected chi connectivity index (χ3v) is 6.58. The number of phenolic OH excluding ortho intramolecular Hbond substituents is 1. The Morgan fingerprint density at radius 1 is 0.970 bits per heavy atom. The topological polar surface area (TPSA) is 79.3 Å². The third kappa shape index (κ3) is 3.23. The molecular weight excluding hydrogens is 444 g/mol. The summed E-state index contributed by atoms with van der Waals surface area (Å²) in [4.78, 5) is 34.4. The van der Waals surface area contributed by atoms with E-state index >= 15 is 0 Å². The van der Waals surface area contributed by atoms with Crippen LogP contribution in [0.1, 0.15) is 17.2 Å². The predicted molar refractivity (Wildman–Crippen MR) is 123 cm³/mol. The van der Waals surface area contributed by atoms with Gasteiger partial charge in [-0.05, 0) is 42.8 Å². The highest BCUT2D eigenvalue weighted by Gasteiger charge is 2.61.